The maximum Gasteiger partial charge on any atom is 0.325 e. The Morgan fingerprint density at radius 3 is 2.65 bits per heavy atom. The van der Waals surface area contributed by atoms with Crippen molar-refractivity contribution in [2.75, 3.05) is 5.32 Å². The standard InChI is InChI=1S/C15H19N5O3/c1-8(2)14-16-6-5-11(17-14)15(23)18-13-9(3)19-20(10(13)4)7-12(21)22/h5-6,8H,7H2,1-4H3,(H,18,23)(H,21,22). The van der Waals surface area contributed by atoms with E-state index in [-0.39, 0.29) is 24.1 Å². The van der Waals surface area contributed by atoms with E-state index in [1.165, 1.54) is 10.7 Å². The molecule has 0 unspecified atom stereocenters. The minimum atomic E-state index is -0.995. The summed E-state index contributed by atoms with van der Waals surface area (Å²) in [6.45, 7) is 7.05. The first-order chi connectivity index (χ1) is 10.8. The minimum Gasteiger partial charge on any atom is -0.480 e. The van der Waals surface area contributed by atoms with Gasteiger partial charge in [-0.05, 0) is 19.9 Å². The molecule has 2 aromatic rings. The van der Waals surface area contributed by atoms with Crippen LogP contribution in [0.1, 0.15) is 47.5 Å². The van der Waals surface area contributed by atoms with Crippen molar-refractivity contribution in [2.24, 2.45) is 0 Å². The minimum absolute atomic E-state index is 0.115. The SMILES string of the molecule is Cc1nn(CC(=O)O)c(C)c1NC(=O)c1ccnc(C(C)C)n1. The van der Waals surface area contributed by atoms with Crippen molar-refractivity contribution in [3.63, 3.8) is 0 Å². The van der Waals surface area contributed by atoms with Crippen molar-refractivity contribution >= 4 is 17.6 Å². The monoisotopic (exact) mass is 317 g/mol. The first kappa shape index (κ1) is 16.6. The van der Waals surface area contributed by atoms with E-state index >= 15 is 0 Å². The molecule has 2 rings (SSSR count). The summed E-state index contributed by atoms with van der Waals surface area (Å²) in [6, 6.07) is 1.54. The number of anilines is 1. The summed E-state index contributed by atoms with van der Waals surface area (Å²) in [4.78, 5) is 31.6. The maximum absolute atomic E-state index is 12.4. The lowest BCUT2D eigenvalue weighted by Crippen LogP contribution is -2.17. The van der Waals surface area contributed by atoms with Crippen molar-refractivity contribution in [3.05, 3.63) is 35.2 Å². The van der Waals surface area contributed by atoms with E-state index in [0.29, 0.717) is 22.9 Å². The Morgan fingerprint density at radius 2 is 2.04 bits per heavy atom. The molecule has 0 saturated carbocycles. The Hall–Kier alpha value is -2.77. The van der Waals surface area contributed by atoms with Crippen LogP contribution in [0.25, 0.3) is 0 Å². The van der Waals surface area contributed by atoms with Crippen molar-refractivity contribution in [1.29, 1.82) is 0 Å². The summed E-state index contributed by atoms with van der Waals surface area (Å²) in [5.74, 6) is -0.668. The fourth-order valence-electron chi connectivity index (χ4n) is 2.12. The molecule has 0 aromatic carbocycles. The van der Waals surface area contributed by atoms with E-state index in [0.717, 1.165) is 0 Å². The summed E-state index contributed by atoms with van der Waals surface area (Å²) in [5, 5.41) is 15.7. The molecule has 1 amide bonds. The molecule has 8 heteroatoms. The summed E-state index contributed by atoms with van der Waals surface area (Å²) in [5.41, 5.74) is 1.89. The normalized spacial score (nSPS) is 10.8. The van der Waals surface area contributed by atoms with E-state index < -0.39 is 5.97 Å². The topological polar surface area (TPSA) is 110 Å². The van der Waals surface area contributed by atoms with Crippen LogP contribution < -0.4 is 5.32 Å². The molecule has 0 aliphatic rings. The van der Waals surface area contributed by atoms with Gasteiger partial charge >= 0.3 is 5.97 Å². The predicted octanol–water partition coefficient (Wildman–Crippen LogP) is 1.75. The quantitative estimate of drug-likeness (QED) is 0.869. The van der Waals surface area contributed by atoms with Gasteiger partial charge in [-0.25, -0.2) is 9.97 Å². The molecule has 0 spiro atoms. The maximum atomic E-state index is 12.4. The van der Waals surface area contributed by atoms with Crippen LogP contribution in [0, 0.1) is 13.8 Å². The van der Waals surface area contributed by atoms with Crippen LogP contribution in [-0.4, -0.2) is 36.7 Å². The van der Waals surface area contributed by atoms with Gasteiger partial charge in [-0.15, -0.1) is 0 Å². The Labute approximate surface area is 133 Å². The molecule has 0 atom stereocenters. The number of carbonyl (C=O) groups is 2. The van der Waals surface area contributed by atoms with Gasteiger partial charge in [-0.1, -0.05) is 13.8 Å². The van der Waals surface area contributed by atoms with Gasteiger partial charge < -0.3 is 10.4 Å². The predicted molar refractivity (Wildman–Crippen MR) is 83.4 cm³/mol. The van der Waals surface area contributed by atoms with E-state index in [9.17, 15) is 9.59 Å². The Balaban J connectivity index is 2.25. The molecule has 0 saturated heterocycles. The second kappa shape index (κ2) is 6.55. The molecule has 2 heterocycles. The van der Waals surface area contributed by atoms with E-state index in [1.807, 2.05) is 13.8 Å². The lowest BCUT2D eigenvalue weighted by molar-refractivity contribution is -0.137. The van der Waals surface area contributed by atoms with E-state index in [4.69, 9.17) is 5.11 Å². The molecular formula is C15H19N5O3. The second-order valence-electron chi connectivity index (χ2n) is 5.51. The number of amides is 1. The van der Waals surface area contributed by atoms with Crippen LogP contribution in [0.4, 0.5) is 5.69 Å². The van der Waals surface area contributed by atoms with Crippen LogP contribution in [0.5, 0.6) is 0 Å². The fraction of sp³-hybridized carbons (Fsp3) is 0.400. The number of rotatable bonds is 5. The molecule has 2 aromatic heterocycles. The van der Waals surface area contributed by atoms with Gasteiger partial charge in [0.15, 0.2) is 0 Å². The Kier molecular flexibility index (Phi) is 4.73. The van der Waals surface area contributed by atoms with Gasteiger partial charge in [0.1, 0.15) is 18.1 Å². The highest BCUT2D eigenvalue weighted by atomic mass is 16.4. The number of nitrogens with zero attached hydrogens (tertiary/aromatic N) is 4. The molecule has 0 bridgehead atoms. The number of aliphatic carboxylic acids is 1. The van der Waals surface area contributed by atoms with Crippen LogP contribution in [0.15, 0.2) is 12.3 Å². The zero-order valence-corrected chi connectivity index (χ0v) is 13.5. The highest BCUT2D eigenvalue weighted by Gasteiger charge is 2.17. The lowest BCUT2D eigenvalue weighted by atomic mass is 10.2. The van der Waals surface area contributed by atoms with Crippen molar-refractivity contribution < 1.29 is 14.7 Å². The van der Waals surface area contributed by atoms with Gasteiger partial charge in [0.25, 0.3) is 5.91 Å². The van der Waals surface area contributed by atoms with Gasteiger partial charge in [0.2, 0.25) is 0 Å². The Morgan fingerprint density at radius 1 is 1.35 bits per heavy atom. The number of carboxylic acid groups (broad SMARTS) is 1. The van der Waals surface area contributed by atoms with Gasteiger partial charge in [0.05, 0.1) is 17.1 Å². The molecule has 0 aliphatic carbocycles. The highest BCUT2D eigenvalue weighted by molar-refractivity contribution is 6.03. The fourth-order valence-corrected chi connectivity index (χ4v) is 2.12. The molecule has 2 N–H and O–H groups in total. The van der Waals surface area contributed by atoms with Crippen molar-refractivity contribution in [3.8, 4) is 0 Å². The summed E-state index contributed by atoms with van der Waals surface area (Å²) in [7, 11) is 0. The van der Waals surface area contributed by atoms with Gasteiger partial charge in [-0.3, -0.25) is 14.3 Å². The third-order valence-electron chi connectivity index (χ3n) is 3.33. The molecule has 23 heavy (non-hydrogen) atoms. The molecule has 8 nitrogen and oxygen atoms in total. The number of carbonyl (C=O) groups excluding carboxylic acids is 1. The number of nitrogens with one attached hydrogen (secondary N) is 1. The number of aromatic nitrogens is 4. The van der Waals surface area contributed by atoms with Crippen LogP contribution in [0.2, 0.25) is 0 Å². The average molecular weight is 317 g/mol. The summed E-state index contributed by atoms with van der Waals surface area (Å²) < 4.78 is 1.34. The van der Waals surface area contributed by atoms with Crippen molar-refractivity contribution in [2.45, 2.75) is 40.2 Å². The van der Waals surface area contributed by atoms with E-state index in [2.05, 4.69) is 20.4 Å². The van der Waals surface area contributed by atoms with Crippen LogP contribution in [0.3, 0.4) is 0 Å². The molecule has 0 fully saturated rings. The molecule has 0 aliphatic heterocycles. The second-order valence-corrected chi connectivity index (χ2v) is 5.51. The highest BCUT2D eigenvalue weighted by Crippen LogP contribution is 2.20. The number of carboxylic acids is 1. The smallest absolute Gasteiger partial charge is 0.325 e. The number of hydrogen-bond donors (Lipinski definition) is 2. The molecule has 122 valence electrons. The van der Waals surface area contributed by atoms with Crippen LogP contribution in [-0.2, 0) is 11.3 Å². The summed E-state index contributed by atoms with van der Waals surface area (Å²) >= 11 is 0. The zero-order valence-electron chi connectivity index (χ0n) is 13.5. The zero-order chi connectivity index (χ0) is 17.1. The molecule has 0 radical (unpaired) electrons. The van der Waals surface area contributed by atoms with Gasteiger partial charge in [0, 0.05) is 12.1 Å². The van der Waals surface area contributed by atoms with Crippen molar-refractivity contribution in [1.82, 2.24) is 19.7 Å². The van der Waals surface area contributed by atoms with Crippen LogP contribution >= 0.6 is 0 Å². The first-order valence-corrected chi connectivity index (χ1v) is 7.19. The third-order valence-corrected chi connectivity index (χ3v) is 3.33. The number of hydrogen-bond acceptors (Lipinski definition) is 5. The molecular weight excluding hydrogens is 298 g/mol. The average Bonchev–Trinajstić information content (AvgIpc) is 2.74. The Bertz CT molecular complexity index is 752. The third kappa shape index (κ3) is 3.71. The summed E-state index contributed by atoms with van der Waals surface area (Å²) in [6.07, 6.45) is 1.55. The largest absolute Gasteiger partial charge is 0.480 e. The lowest BCUT2D eigenvalue weighted by Gasteiger charge is -2.08. The first-order valence-electron chi connectivity index (χ1n) is 7.19. The van der Waals surface area contributed by atoms with Gasteiger partial charge in [-0.2, -0.15) is 5.10 Å². The number of aryl methyl sites for hydroxylation is 1. The van der Waals surface area contributed by atoms with E-state index in [1.54, 1.807) is 20.0 Å².